The zero-order valence-corrected chi connectivity index (χ0v) is 22.7. The van der Waals surface area contributed by atoms with Crippen molar-refractivity contribution in [3.8, 4) is 0 Å². The number of nitrogens with zero attached hydrogens (tertiary/aromatic N) is 2. The van der Waals surface area contributed by atoms with Gasteiger partial charge in [0.15, 0.2) is 0 Å². The molecule has 0 aliphatic heterocycles. The number of nitrogens with one attached hydrogen (secondary N) is 1. The van der Waals surface area contributed by atoms with Crippen LogP contribution in [0.5, 0.6) is 0 Å². The Kier molecular flexibility index (Phi) is 8.07. The second-order valence-electron chi connectivity index (χ2n) is 10.2. The van der Waals surface area contributed by atoms with Crippen molar-refractivity contribution >= 4 is 33.5 Å². The third kappa shape index (κ3) is 6.04. The zero-order chi connectivity index (χ0) is 27.2. The van der Waals surface area contributed by atoms with Gasteiger partial charge in [-0.1, -0.05) is 91.3 Å². The maximum absolute atomic E-state index is 13.8. The van der Waals surface area contributed by atoms with E-state index in [0.29, 0.717) is 25.2 Å². The molecule has 5 aromatic rings. The highest BCUT2D eigenvalue weighted by Gasteiger charge is 2.23. The molecule has 4 aromatic carbocycles. The summed E-state index contributed by atoms with van der Waals surface area (Å²) in [5.41, 5.74) is 5.18. The molecule has 0 aliphatic carbocycles. The molecule has 39 heavy (non-hydrogen) atoms. The Bertz CT molecular complexity index is 1580. The summed E-state index contributed by atoms with van der Waals surface area (Å²) in [4.78, 5) is 34.5. The molecule has 5 nitrogen and oxygen atoms in total. The molecule has 2 amide bonds. The maximum Gasteiger partial charge on any atom is 0.254 e. The van der Waals surface area contributed by atoms with Crippen LogP contribution in [0.2, 0.25) is 0 Å². The van der Waals surface area contributed by atoms with Gasteiger partial charge in [0.25, 0.3) is 5.91 Å². The molecular weight excluding hydrogens is 482 g/mol. The van der Waals surface area contributed by atoms with E-state index in [2.05, 4.69) is 48.3 Å². The van der Waals surface area contributed by atoms with Crippen molar-refractivity contribution in [3.63, 3.8) is 0 Å². The van der Waals surface area contributed by atoms with E-state index in [9.17, 15) is 9.59 Å². The van der Waals surface area contributed by atoms with Crippen LogP contribution < -0.4 is 0 Å². The summed E-state index contributed by atoms with van der Waals surface area (Å²) >= 11 is 0. The number of fused-ring (bicyclic) bond motifs is 2. The van der Waals surface area contributed by atoms with E-state index in [1.54, 1.807) is 4.90 Å². The molecule has 0 aliphatic rings. The lowest BCUT2D eigenvalue weighted by Gasteiger charge is -2.28. The van der Waals surface area contributed by atoms with E-state index < -0.39 is 0 Å². The van der Waals surface area contributed by atoms with E-state index in [1.807, 2.05) is 72.6 Å². The number of hydrogen-bond acceptors (Lipinski definition) is 2. The van der Waals surface area contributed by atoms with Crippen molar-refractivity contribution in [1.29, 1.82) is 0 Å². The van der Waals surface area contributed by atoms with Gasteiger partial charge in [-0.15, -0.1) is 0 Å². The van der Waals surface area contributed by atoms with Gasteiger partial charge in [-0.05, 0) is 53.8 Å². The van der Waals surface area contributed by atoms with Crippen LogP contribution in [0.1, 0.15) is 40.4 Å². The topological polar surface area (TPSA) is 56.4 Å². The van der Waals surface area contributed by atoms with Gasteiger partial charge in [0, 0.05) is 42.3 Å². The minimum absolute atomic E-state index is 0.0440. The zero-order valence-electron chi connectivity index (χ0n) is 22.7. The molecule has 198 valence electrons. The number of amides is 2. The molecule has 5 rings (SSSR count). The average Bonchev–Trinajstić information content (AvgIpc) is 3.38. The van der Waals surface area contributed by atoms with Gasteiger partial charge >= 0.3 is 0 Å². The highest BCUT2D eigenvalue weighted by Crippen LogP contribution is 2.22. The predicted octanol–water partition coefficient (Wildman–Crippen LogP) is 6.75. The first kappa shape index (κ1) is 26.2. The quantitative estimate of drug-likeness (QED) is 0.223. The Morgan fingerprint density at radius 1 is 0.769 bits per heavy atom. The fourth-order valence-corrected chi connectivity index (χ4v) is 5.17. The molecule has 0 atom stereocenters. The molecule has 0 bridgehead atoms. The van der Waals surface area contributed by atoms with Crippen molar-refractivity contribution in [2.45, 2.75) is 33.2 Å². The highest BCUT2D eigenvalue weighted by molar-refractivity contribution is 6.07. The van der Waals surface area contributed by atoms with Crippen LogP contribution in [0.25, 0.3) is 21.7 Å². The third-order valence-electron chi connectivity index (χ3n) is 7.30. The van der Waals surface area contributed by atoms with Crippen LogP contribution in [0, 0.1) is 6.92 Å². The first-order valence-electron chi connectivity index (χ1n) is 13.7. The summed E-state index contributed by atoms with van der Waals surface area (Å²) < 4.78 is 0. The molecule has 0 fully saturated rings. The number of aryl methyl sites for hydroxylation is 1. The van der Waals surface area contributed by atoms with Crippen molar-refractivity contribution in [3.05, 3.63) is 119 Å². The number of aromatic nitrogens is 1. The molecule has 5 heteroatoms. The summed E-state index contributed by atoms with van der Waals surface area (Å²) in [7, 11) is 0. The lowest BCUT2D eigenvalue weighted by molar-refractivity contribution is -0.132. The maximum atomic E-state index is 13.8. The minimum Gasteiger partial charge on any atom is -0.361 e. The Labute approximate surface area is 230 Å². The fraction of sp³-hybridized carbons (Fsp3) is 0.235. The van der Waals surface area contributed by atoms with Gasteiger partial charge in [-0.25, -0.2) is 0 Å². The van der Waals surface area contributed by atoms with E-state index in [-0.39, 0.29) is 18.4 Å². The van der Waals surface area contributed by atoms with Gasteiger partial charge in [-0.3, -0.25) is 9.59 Å². The first-order chi connectivity index (χ1) is 19.0. The molecule has 1 aromatic heterocycles. The van der Waals surface area contributed by atoms with E-state index >= 15 is 0 Å². The van der Waals surface area contributed by atoms with Crippen LogP contribution in [-0.4, -0.2) is 46.2 Å². The Morgan fingerprint density at radius 2 is 1.49 bits per heavy atom. The minimum atomic E-state index is -0.103. The number of carbonyl (C=O) groups is 2. The van der Waals surface area contributed by atoms with E-state index in [0.717, 1.165) is 34.7 Å². The Morgan fingerprint density at radius 3 is 2.28 bits per heavy atom. The van der Waals surface area contributed by atoms with Crippen molar-refractivity contribution in [1.82, 2.24) is 14.8 Å². The summed E-state index contributed by atoms with van der Waals surface area (Å²) in [6.45, 7) is 5.74. The number of H-pyrrole nitrogens is 1. The van der Waals surface area contributed by atoms with E-state index in [4.69, 9.17) is 0 Å². The van der Waals surface area contributed by atoms with Crippen molar-refractivity contribution in [2.75, 3.05) is 19.6 Å². The fourth-order valence-electron chi connectivity index (χ4n) is 5.17. The standard InChI is InChI=1S/C34H35N3O2/c1-3-20-37(34(39)31-13-8-10-27-9-4-5-11-29(27)31)24-33(38)36(23-26-17-15-25(2)16-18-26)21-19-28-22-35-32-14-7-6-12-30(28)32/h4-18,22,35H,3,19-21,23-24H2,1-2H3. The van der Waals surface area contributed by atoms with Crippen LogP contribution in [0.3, 0.4) is 0 Å². The summed E-state index contributed by atoms with van der Waals surface area (Å²) in [6.07, 6.45) is 3.54. The molecule has 1 N–H and O–H groups in total. The van der Waals surface area contributed by atoms with E-state index in [1.165, 1.54) is 16.5 Å². The molecular formula is C34H35N3O2. The molecule has 0 unspecified atom stereocenters. The molecule has 0 saturated carbocycles. The van der Waals surface area contributed by atoms with Crippen LogP contribution in [0.15, 0.2) is 97.2 Å². The monoisotopic (exact) mass is 517 g/mol. The summed E-state index contributed by atoms with van der Waals surface area (Å²) in [5, 5.41) is 3.11. The normalized spacial score (nSPS) is 11.1. The second kappa shape index (κ2) is 12.0. The Hall–Kier alpha value is -4.38. The number of carbonyl (C=O) groups excluding carboxylic acids is 2. The summed E-state index contributed by atoms with van der Waals surface area (Å²) in [5.74, 6) is -0.147. The smallest absolute Gasteiger partial charge is 0.254 e. The highest BCUT2D eigenvalue weighted by atomic mass is 16.2. The Balaban J connectivity index is 1.38. The number of aromatic amines is 1. The molecule has 1 heterocycles. The third-order valence-corrected chi connectivity index (χ3v) is 7.30. The molecule has 0 saturated heterocycles. The van der Waals surface area contributed by atoms with Crippen LogP contribution >= 0.6 is 0 Å². The lowest BCUT2D eigenvalue weighted by atomic mass is 10.0. The van der Waals surface area contributed by atoms with Crippen LogP contribution in [-0.2, 0) is 17.8 Å². The van der Waals surface area contributed by atoms with Gasteiger partial charge in [0.2, 0.25) is 5.91 Å². The molecule has 0 radical (unpaired) electrons. The number of para-hydroxylation sites is 1. The second-order valence-corrected chi connectivity index (χ2v) is 10.2. The number of benzene rings is 4. The number of hydrogen-bond donors (Lipinski definition) is 1. The van der Waals surface area contributed by atoms with Crippen molar-refractivity contribution < 1.29 is 9.59 Å². The van der Waals surface area contributed by atoms with Crippen molar-refractivity contribution in [2.24, 2.45) is 0 Å². The SMILES string of the molecule is CCCN(CC(=O)N(CCc1c[nH]c2ccccc12)Cc1ccc(C)cc1)C(=O)c1cccc2ccccc12. The summed E-state index contributed by atoms with van der Waals surface area (Å²) in [6, 6.07) is 30.2. The first-order valence-corrected chi connectivity index (χ1v) is 13.7. The van der Waals surface area contributed by atoms with Gasteiger partial charge in [0.1, 0.15) is 6.54 Å². The molecule has 0 spiro atoms. The average molecular weight is 518 g/mol. The lowest BCUT2D eigenvalue weighted by Crippen LogP contribution is -2.43. The van der Waals surface area contributed by atoms with Gasteiger partial charge < -0.3 is 14.8 Å². The van der Waals surface area contributed by atoms with Crippen LogP contribution in [0.4, 0.5) is 0 Å². The predicted molar refractivity (Wildman–Crippen MR) is 159 cm³/mol. The number of rotatable bonds is 10. The van der Waals surface area contributed by atoms with Gasteiger partial charge in [0.05, 0.1) is 0 Å². The largest absolute Gasteiger partial charge is 0.361 e. The van der Waals surface area contributed by atoms with Gasteiger partial charge in [-0.2, -0.15) is 0 Å².